The lowest BCUT2D eigenvalue weighted by Crippen LogP contribution is -2.55. The monoisotopic (exact) mass is 360 g/mol. The Hall–Kier alpha value is -2.40. The van der Waals surface area contributed by atoms with E-state index in [9.17, 15) is 14.4 Å². The first-order chi connectivity index (χ1) is 11.6. The summed E-state index contributed by atoms with van der Waals surface area (Å²) in [5.74, 6) is -2.91. The molecule has 0 bridgehead atoms. The molecule has 0 spiro atoms. The minimum absolute atomic E-state index is 0.0990. The first-order valence-corrected chi connectivity index (χ1v) is 7.85. The Labute approximate surface area is 146 Å². The third kappa shape index (κ3) is 8.86. The van der Waals surface area contributed by atoms with Crippen LogP contribution in [0.15, 0.2) is 4.99 Å². The fourth-order valence-corrected chi connectivity index (χ4v) is 1.80. The van der Waals surface area contributed by atoms with E-state index in [4.69, 9.17) is 27.4 Å². The van der Waals surface area contributed by atoms with Gasteiger partial charge in [0.15, 0.2) is 5.96 Å². The molecular weight excluding hydrogens is 332 g/mol. The molecule has 0 aliphatic heterocycles. The van der Waals surface area contributed by atoms with Gasteiger partial charge in [-0.2, -0.15) is 0 Å². The number of carboxylic acids is 1. The van der Waals surface area contributed by atoms with E-state index in [2.05, 4.69) is 15.6 Å². The maximum absolute atomic E-state index is 12.2. The molecule has 0 aromatic heterocycles. The summed E-state index contributed by atoms with van der Waals surface area (Å²) in [4.78, 5) is 39.0. The molecule has 10 N–H and O–H groups in total. The second-order valence-corrected chi connectivity index (χ2v) is 5.86. The standard InChI is InChI=1S/C14H28N6O5/c1-7(2)10(15)12(23)19-8(4-3-5-18-14(16)17)11(22)20-9(6-21)13(24)25/h7-10,21H,3-6,15H2,1-2H3,(H,19,23)(H,20,22)(H,24,25)(H4,16,17,18). The third-order valence-corrected chi connectivity index (χ3v) is 3.40. The van der Waals surface area contributed by atoms with Crippen LogP contribution in [0.25, 0.3) is 0 Å². The summed E-state index contributed by atoms with van der Waals surface area (Å²) in [6, 6.07) is -3.32. The number of nitrogens with zero attached hydrogens (tertiary/aromatic N) is 1. The number of amides is 2. The highest BCUT2D eigenvalue weighted by atomic mass is 16.4. The number of aliphatic carboxylic acids is 1. The molecule has 0 radical (unpaired) electrons. The number of aliphatic hydroxyl groups excluding tert-OH is 1. The van der Waals surface area contributed by atoms with Gasteiger partial charge in [-0.1, -0.05) is 13.8 Å². The Morgan fingerprint density at radius 1 is 1.08 bits per heavy atom. The maximum Gasteiger partial charge on any atom is 0.328 e. The quantitative estimate of drug-likeness (QED) is 0.115. The van der Waals surface area contributed by atoms with Gasteiger partial charge < -0.3 is 38.0 Å². The highest BCUT2D eigenvalue weighted by molar-refractivity contribution is 5.91. The Kier molecular flexibility index (Phi) is 10.1. The van der Waals surface area contributed by atoms with Crippen LogP contribution in [0.3, 0.4) is 0 Å². The number of nitrogens with two attached hydrogens (primary N) is 3. The zero-order valence-electron chi connectivity index (χ0n) is 14.4. The van der Waals surface area contributed by atoms with E-state index in [0.717, 1.165) is 0 Å². The summed E-state index contributed by atoms with van der Waals surface area (Å²) < 4.78 is 0. The SMILES string of the molecule is CC(C)C(N)C(=O)NC(CCCN=C(N)N)C(=O)NC(CO)C(=O)O. The summed E-state index contributed by atoms with van der Waals surface area (Å²) in [7, 11) is 0. The second kappa shape index (κ2) is 11.2. The van der Waals surface area contributed by atoms with Crippen molar-refractivity contribution in [2.75, 3.05) is 13.2 Å². The van der Waals surface area contributed by atoms with E-state index >= 15 is 0 Å². The van der Waals surface area contributed by atoms with Crippen molar-refractivity contribution in [3.63, 3.8) is 0 Å². The first kappa shape index (κ1) is 22.6. The number of hydrogen-bond acceptors (Lipinski definition) is 6. The molecule has 3 unspecified atom stereocenters. The van der Waals surface area contributed by atoms with Gasteiger partial charge in [0, 0.05) is 6.54 Å². The molecule has 0 aliphatic rings. The number of carbonyl (C=O) groups is 3. The number of hydrogen-bond donors (Lipinski definition) is 7. The van der Waals surface area contributed by atoms with Gasteiger partial charge in [-0.25, -0.2) is 4.79 Å². The molecule has 3 atom stereocenters. The summed E-state index contributed by atoms with van der Waals surface area (Å²) in [5.41, 5.74) is 16.2. The van der Waals surface area contributed by atoms with Crippen molar-refractivity contribution in [1.82, 2.24) is 10.6 Å². The summed E-state index contributed by atoms with van der Waals surface area (Å²) in [5, 5.41) is 22.5. The largest absolute Gasteiger partial charge is 0.480 e. The minimum atomic E-state index is -1.47. The van der Waals surface area contributed by atoms with Crippen molar-refractivity contribution < 1.29 is 24.6 Å². The fraction of sp³-hybridized carbons (Fsp3) is 0.714. The number of carbonyl (C=O) groups excluding carboxylic acids is 2. The molecule has 0 saturated carbocycles. The molecule has 25 heavy (non-hydrogen) atoms. The molecular formula is C14H28N6O5. The molecule has 0 saturated heterocycles. The van der Waals surface area contributed by atoms with Crippen LogP contribution in [-0.2, 0) is 14.4 Å². The second-order valence-electron chi connectivity index (χ2n) is 5.86. The molecule has 0 heterocycles. The lowest BCUT2D eigenvalue weighted by molar-refractivity contribution is -0.143. The van der Waals surface area contributed by atoms with Crippen LogP contribution in [-0.4, -0.2) is 65.2 Å². The normalized spacial score (nSPS) is 14.3. The number of aliphatic imine (C=N–C) groups is 1. The fourth-order valence-electron chi connectivity index (χ4n) is 1.80. The topological polar surface area (TPSA) is 206 Å². The Bertz CT molecular complexity index is 492. The van der Waals surface area contributed by atoms with E-state index in [1.807, 2.05) is 0 Å². The van der Waals surface area contributed by atoms with Crippen molar-refractivity contribution in [1.29, 1.82) is 0 Å². The van der Waals surface area contributed by atoms with E-state index in [0.29, 0.717) is 6.42 Å². The zero-order chi connectivity index (χ0) is 19.6. The Morgan fingerprint density at radius 3 is 2.08 bits per heavy atom. The lowest BCUT2D eigenvalue weighted by atomic mass is 10.0. The van der Waals surface area contributed by atoms with Crippen molar-refractivity contribution >= 4 is 23.7 Å². The molecule has 11 nitrogen and oxygen atoms in total. The number of nitrogens with one attached hydrogen (secondary N) is 2. The molecule has 144 valence electrons. The van der Waals surface area contributed by atoms with Crippen LogP contribution >= 0.6 is 0 Å². The molecule has 11 heteroatoms. The van der Waals surface area contributed by atoms with Gasteiger partial charge in [0.05, 0.1) is 12.6 Å². The minimum Gasteiger partial charge on any atom is -0.480 e. The number of aliphatic hydroxyl groups is 1. The molecule has 0 aromatic carbocycles. The smallest absolute Gasteiger partial charge is 0.328 e. The summed E-state index contributed by atoms with van der Waals surface area (Å²) in [6.07, 6.45) is 0.529. The molecule has 0 rings (SSSR count). The molecule has 0 fully saturated rings. The van der Waals surface area contributed by atoms with Crippen LogP contribution in [0.4, 0.5) is 0 Å². The van der Waals surface area contributed by atoms with Gasteiger partial charge in [0.2, 0.25) is 11.8 Å². The molecule has 0 aliphatic carbocycles. The number of rotatable bonds is 11. The van der Waals surface area contributed by atoms with Crippen LogP contribution in [0.1, 0.15) is 26.7 Å². The zero-order valence-corrected chi connectivity index (χ0v) is 14.4. The maximum atomic E-state index is 12.2. The highest BCUT2D eigenvalue weighted by Crippen LogP contribution is 2.03. The predicted octanol–water partition coefficient (Wildman–Crippen LogP) is -2.93. The van der Waals surface area contributed by atoms with Gasteiger partial charge >= 0.3 is 5.97 Å². The third-order valence-electron chi connectivity index (χ3n) is 3.40. The lowest BCUT2D eigenvalue weighted by Gasteiger charge is -2.23. The van der Waals surface area contributed by atoms with Crippen LogP contribution in [0.2, 0.25) is 0 Å². The van der Waals surface area contributed by atoms with Gasteiger partial charge in [0.25, 0.3) is 0 Å². The van der Waals surface area contributed by atoms with Crippen LogP contribution in [0, 0.1) is 5.92 Å². The van der Waals surface area contributed by atoms with E-state index in [1.54, 1.807) is 13.8 Å². The van der Waals surface area contributed by atoms with Gasteiger partial charge in [-0.15, -0.1) is 0 Å². The van der Waals surface area contributed by atoms with Crippen molar-refractivity contribution in [2.24, 2.45) is 28.1 Å². The van der Waals surface area contributed by atoms with Crippen LogP contribution in [0.5, 0.6) is 0 Å². The van der Waals surface area contributed by atoms with E-state index in [-0.39, 0.29) is 24.8 Å². The first-order valence-electron chi connectivity index (χ1n) is 7.85. The van der Waals surface area contributed by atoms with Gasteiger partial charge in [-0.05, 0) is 18.8 Å². The predicted molar refractivity (Wildman–Crippen MR) is 91.3 cm³/mol. The molecule has 0 aromatic rings. The number of guanidine groups is 1. The van der Waals surface area contributed by atoms with Crippen molar-refractivity contribution in [2.45, 2.75) is 44.8 Å². The highest BCUT2D eigenvalue weighted by Gasteiger charge is 2.28. The van der Waals surface area contributed by atoms with E-state index < -0.39 is 42.5 Å². The summed E-state index contributed by atoms with van der Waals surface area (Å²) >= 11 is 0. The average Bonchev–Trinajstić information content (AvgIpc) is 2.53. The van der Waals surface area contributed by atoms with Gasteiger partial charge in [-0.3, -0.25) is 14.6 Å². The number of carboxylic acid groups (broad SMARTS) is 1. The van der Waals surface area contributed by atoms with Gasteiger partial charge in [0.1, 0.15) is 12.1 Å². The van der Waals surface area contributed by atoms with E-state index in [1.165, 1.54) is 0 Å². The molecule has 2 amide bonds. The Balaban J connectivity index is 4.97. The van der Waals surface area contributed by atoms with Crippen molar-refractivity contribution in [3.8, 4) is 0 Å². The average molecular weight is 360 g/mol. The Morgan fingerprint density at radius 2 is 1.64 bits per heavy atom. The van der Waals surface area contributed by atoms with Crippen molar-refractivity contribution in [3.05, 3.63) is 0 Å². The van der Waals surface area contributed by atoms with Crippen LogP contribution < -0.4 is 27.8 Å². The summed E-state index contributed by atoms with van der Waals surface area (Å²) in [6.45, 7) is 2.97.